The molecule has 0 bridgehead atoms. The van der Waals surface area contributed by atoms with E-state index in [1.54, 1.807) is 13.0 Å². The van der Waals surface area contributed by atoms with Crippen molar-refractivity contribution in [2.24, 2.45) is 11.6 Å². The van der Waals surface area contributed by atoms with Crippen molar-refractivity contribution in [2.75, 3.05) is 10.3 Å². The minimum absolute atomic E-state index is 0.00116. The maximum absolute atomic E-state index is 14.3. The van der Waals surface area contributed by atoms with Gasteiger partial charge >= 0.3 is 0 Å². The van der Waals surface area contributed by atoms with Crippen molar-refractivity contribution in [1.29, 1.82) is 0 Å². The number of rotatable bonds is 7. The number of aromatic nitrogens is 1. The lowest BCUT2D eigenvalue weighted by atomic mass is 10.1. The molecule has 1 unspecified atom stereocenters. The van der Waals surface area contributed by atoms with Crippen LogP contribution in [0.3, 0.4) is 0 Å². The van der Waals surface area contributed by atoms with E-state index >= 15 is 0 Å². The molecule has 1 atom stereocenters. The molecule has 0 aliphatic rings. The van der Waals surface area contributed by atoms with Gasteiger partial charge in [-0.1, -0.05) is 0 Å². The number of amides is 1. The van der Waals surface area contributed by atoms with Crippen LogP contribution >= 0.6 is 11.5 Å². The fourth-order valence-corrected chi connectivity index (χ4v) is 2.79. The van der Waals surface area contributed by atoms with Crippen molar-refractivity contribution >= 4 is 40.1 Å². The third kappa shape index (κ3) is 3.87. The predicted molar refractivity (Wildman–Crippen MR) is 91.9 cm³/mol. The molecule has 2 rings (SSSR count). The van der Waals surface area contributed by atoms with Crippen LogP contribution in [0.2, 0.25) is 0 Å². The number of primary amides is 1. The Morgan fingerprint density at radius 3 is 2.75 bits per heavy atom. The van der Waals surface area contributed by atoms with Crippen LogP contribution in [-0.4, -0.2) is 22.6 Å². The fraction of sp³-hybridized carbons (Fsp3) is 0.267. The highest BCUT2D eigenvalue weighted by molar-refractivity contribution is 7.10. The molecule has 0 aliphatic heterocycles. The number of benzene rings is 1. The molecule has 9 heteroatoms. The molecule has 1 heterocycles. The first-order chi connectivity index (χ1) is 11.3. The van der Waals surface area contributed by atoms with E-state index in [-0.39, 0.29) is 17.7 Å². The Labute approximate surface area is 142 Å². The Hall–Kier alpha value is -2.52. The number of nitrogens with two attached hydrogens (primary N) is 2. The van der Waals surface area contributed by atoms with Gasteiger partial charge in [-0.05, 0) is 43.6 Å². The molecule has 0 saturated carbocycles. The summed E-state index contributed by atoms with van der Waals surface area (Å²) >= 11 is 1.20. The molecular formula is C15H18FN5O2S. The number of hydrogen-bond donors (Lipinski definition) is 3. The Balaban J connectivity index is 2.44. The van der Waals surface area contributed by atoms with Crippen LogP contribution in [0, 0.1) is 12.7 Å². The Kier molecular flexibility index (Phi) is 5.47. The standard InChI is InChI=1S/C15H18FN5O2S/c1-8-5-14(24-20-8)19-12-7-13(21(18)9(2)3-4-22)11(16)6-10(12)15(17)23/h4-7,9,19H,3,18H2,1-2H3,(H2,17,23). The van der Waals surface area contributed by atoms with Gasteiger partial charge in [0.2, 0.25) is 0 Å². The van der Waals surface area contributed by atoms with Crippen LogP contribution in [0.4, 0.5) is 20.8 Å². The monoisotopic (exact) mass is 351 g/mol. The second-order valence-corrected chi connectivity index (χ2v) is 6.13. The Morgan fingerprint density at radius 2 is 2.21 bits per heavy atom. The highest BCUT2D eigenvalue weighted by Crippen LogP contribution is 2.31. The number of hydrazine groups is 1. The summed E-state index contributed by atoms with van der Waals surface area (Å²) in [6.45, 7) is 3.52. The van der Waals surface area contributed by atoms with Crippen LogP contribution in [0.1, 0.15) is 29.4 Å². The second kappa shape index (κ2) is 7.37. The summed E-state index contributed by atoms with van der Waals surface area (Å²) in [5, 5.41) is 4.83. The Morgan fingerprint density at radius 1 is 1.50 bits per heavy atom. The molecular weight excluding hydrogens is 333 g/mol. The molecule has 24 heavy (non-hydrogen) atoms. The smallest absolute Gasteiger partial charge is 0.250 e. The molecule has 1 aromatic carbocycles. The summed E-state index contributed by atoms with van der Waals surface area (Å²) in [4.78, 5) is 22.2. The molecule has 0 spiro atoms. The summed E-state index contributed by atoms with van der Waals surface area (Å²) in [6, 6.07) is 3.80. The van der Waals surface area contributed by atoms with E-state index in [2.05, 4.69) is 9.69 Å². The maximum Gasteiger partial charge on any atom is 0.250 e. The van der Waals surface area contributed by atoms with Gasteiger partial charge in [0.1, 0.15) is 17.1 Å². The van der Waals surface area contributed by atoms with Gasteiger partial charge in [-0.25, -0.2) is 10.2 Å². The summed E-state index contributed by atoms with van der Waals surface area (Å²) in [5.74, 6) is 4.43. The molecule has 1 amide bonds. The second-order valence-electron chi connectivity index (χ2n) is 5.33. The molecule has 1 aromatic heterocycles. The topological polar surface area (TPSA) is 114 Å². The van der Waals surface area contributed by atoms with Gasteiger partial charge in [-0.15, -0.1) is 0 Å². The molecule has 128 valence electrons. The average molecular weight is 351 g/mol. The lowest BCUT2D eigenvalue weighted by Gasteiger charge is -2.26. The lowest BCUT2D eigenvalue weighted by Crippen LogP contribution is -2.40. The molecule has 7 nitrogen and oxygen atoms in total. The van der Waals surface area contributed by atoms with Crippen molar-refractivity contribution in [3.05, 3.63) is 35.3 Å². The van der Waals surface area contributed by atoms with Gasteiger partial charge < -0.3 is 20.9 Å². The van der Waals surface area contributed by atoms with Crippen molar-refractivity contribution in [3.8, 4) is 0 Å². The molecule has 2 aromatic rings. The number of carbonyl (C=O) groups is 2. The average Bonchev–Trinajstić information content (AvgIpc) is 2.93. The number of anilines is 3. The molecule has 0 radical (unpaired) electrons. The maximum atomic E-state index is 14.3. The zero-order valence-corrected chi connectivity index (χ0v) is 14.1. The molecule has 0 saturated heterocycles. The summed E-state index contributed by atoms with van der Waals surface area (Å²) in [7, 11) is 0. The first kappa shape index (κ1) is 17.8. The van der Waals surface area contributed by atoms with E-state index in [0.29, 0.717) is 17.0 Å². The zero-order chi connectivity index (χ0) is 17.9. The highest BCUT2D eigenvalue weighted by atomic mass is 32.1. The first-order valence-corrected chi connectivity index (χ1v) is 7.92. The largest absolute Gasteiger partial charge is 0.366 e. The van der Waals surface area contributed by atoms with E-state index in [9.17, 15) is 14.0 Å². The SMILES string of the molecule is Cc1cc(Nc2cc(N(N)C(C)CC=O)c(F)cc2C(N)=O)sn1. The Bertz CT molecular complexity index is 764. The van der Waals surface area contributed by atoms with E-state index in [4.69, 9.17) is 11.6 Å². The third-order valence-electron chi connectivity index (χ3n) is 3.43. The summed E-state index contributed by atoms with van der Waals surface area (Å²) < 4.78 is 18.5. The van der Waals surface area contributed by atoms with Gasteiger partial charge in [0.05, 0.1) is 22.6 Å². The number of hydrogen-bond acceptors (Lipinski definition) is 7. The van der Waals surface area contributed by atoms with Crippen molar-refractivity contribution in [3.63, 3.8) is 0 Å². The van der Waals surface area contributed by atoms with E-state index in [1.807, 2.05) is 6.92 Å². The van der Waals surface area contributed by atoms with Crippen molar-refractivity contribution in [2.45, 2.75) is 26.3 Å². The fourth-order valence-electron chi connectivity index (χ4n) is 2.11. The van der Waals surface area contributed by atoms with Gasteiger partial charge in [-0.2, -0.15) is 4.37 Å². The number of nitrogens with zero attached hydrogens (tertiary/aromatic N) is 2. The molecule has 0 aliphatic carbocycles. The van der Waals surface area contributed by atoms with E-state index in [1.165, 1.54) is 17.6 Å². The van der Waals surface area contributed by atoms with Crippen LogP contribution in [0.15, 0.2) is 18.2 Å². The number of carbonyl (C=O) groups excluding carboxylic acids is 2. The minimum Gasteiger partial charge on any atom is -0.366 e. The summed E-state index contributed by atoms with van der Waals surface area (Å²) in [5.41, 5.74) is 6.51. The number of nitrogens with one attached hydrogen (secondary N) is 1. The third-order valence-corrected chi connectivity index (χ3v) is 4.22. The van der Waals surface area contributed by atoms with Crippen molar-refractivity contribution in [1.82, 2.24) is 4.37 Å². The molecule has 0 fully saturated rings. The van der Waals surface area contributed by atoms with Gasteiger partial charge in [0, 0.05) is 12.5 Å². The van der Waals surface area contributed by atoms with Gasteiger partial charge in [0.15, 0.2) is 0 Å². The van der Waals surface area contributed by atoms with Gasteiger partial charge in [0.25, 0.3) is 5.91 Å². The van der Waals surface area contributed by atoms with E-state index < -0.39 is 17.8 Å². The molecule has 5 N–H and O–H groups in total. The lowest BCUT2D eigenvalue weighted by molar-refractivity contribution is -0.108. The highest BCUT2D eigenvalue weighted by Gasteiger charge is 2.20. The van der Waals surface area contributed by atoms with Crippen molar-refractivity contribution < 1.29 is 14.0 Å². The van der Waals surface area contributed by atoms with Crippen LogP contribution in [0.5, 0.6) is 0 Å². The predicted octanol–water partition coefficient (Wildman–Crippen LogP) is 2.09. The van der Waals surface area contributed by atoms with Crippen LogP contribution < -0.4 is 21.9 Å². The van der Waals surface area contributed by atoms with Crippen LogP contribution in [-0.2, 0) is 4.79 Å². The number of aldehydes is 1. The number of halogens is 1. The summed E-state index contributed by atoms with van der Waals surface area (Å²) in [6.07, 6.45) is 0.851. The minimum atomic E-state index is -0.770. The van der Waals surface area contributed by atoms with E-state index in [0.717, 1.165) is 16.8 Å². The number of aryl methyl sites for hydroxylation is 1. The normalized spacial score (nSPS) is 11.8. The van der Waals surface area contributed by atoms with Gasteiger partial charge in [-0.3, -0.25) is 4.79 Å². The zero-order valence-electron chi connectivity index (χ0n) is 13.2. The van der Waals surface area contributed by atoms with Crippen LogP contribution in [0.25, 0.3) is 0 Å². The quantitative estimate of drug-likeness (QED) is 0.400. The first-order valence-electron chi connectivity index (χ1n) is 7.14.